The number of hydrogen-bond donors (Lipinski definition) is 0. The van der Waals surface area contributed by atoms with Gasteiger partial charge in [0.15, 0.2) is 0 Å². The molecule has 0 aliphatic carbocycles. The van der Waals surface area contributed by atoms with E-state index in [0.29, 0.717) is 19.5 Å². The molecule has 0 atom stereocenters. The third kappa shape index (κ3) is 3.52. The second kappa shape index (κ2) is 6.82. The SMILES string of the molecule is COc1ccc2c(-n3cc4c(n3)CCN(C(=O)OC(C)(C)C)C4)ccnc2c1. The molecule has 0 fully saturated rings. The highest BCUT2D eigenvalue weighted by Crippen LogP contribution is 2.27. The van der Waals surface area contributed by atoms with E-state index in [1.807, 2.05) is 55.9 Å². The van der Waals surface area contributed by atoms with Crippen LogP contribution >= 0.6 is 0 Å². The zero-order valence-corrected chi connectivity index (χ0v) is 16.6. The molecule has 1 aliphatic heterocycles. The monoisotopic (exact) mass is 380 g/mol. The van der Waals surface area contributed by atoms with Gasteiger partial charge >= 0.3 is 6.09 Å². The Kier molecular flexibility index (Phi) is 4.45. The van der Waals surface area contributed by atoms with Crippen molar-refractivity contribution in [1.29, 1.82) is 0 Å². The number of rotatable bonds is 2. The van der Waals surface area contributed by atoms with Crippen LogP contribution in [0.15, 0.2) is 36.7 Å². The molecule has 0 spiro atoms. The maximum atomic E-state index is 12.4. The number of amides is 1. The normalized spacial score (nSPS) is 14.1. The van der Waals surface area contributed by atoms with Crippen molar-refractivity contribution in [2.45, 2.75) is 39.3 Å². The van der Waals surface area contributed by atoms with Gasteiger partial charge in [-0.05, 0) is 39.0 Å². The summed E-state index contributed by atoms with van der Waals surface area (Å²) in [4.78, 5) is 18.6. The molecular weight excluding hydrogens is 356 g/mol. The smallest absolute Gasteiger partial charge is 0.410 e. The Morgan fingerprint density at radius 3 is 2.79 bits per heavy atom. The van der Waals surface area contributed by atoms with Crippen molar-refractivity contribution in [3.05, 3.63) is 47.9 Å². The topological polar surface area (TPSA) is 69.5 Å². The molecule has 0 saturated heterocycles. The van der Waals surface area contributed by atoms with Gasteiger partial charge in [-0.2, -0.15) is 5.10 Å². The van der Waals surface area contributed by atoms with E-state index in [-0.39, 0.29) is 6.09 Å². The van der Waals surface area contributed by atoms with Crippen molar-refractivity contribution < 1.29 is 14.3 Å². The highest BCUT2D eigenvalue weighted by atomic mass is 16.6. The number of fused-ring (bicyclic) bond motifs is 2. The van der Waals surface area contributed by atoms with Crippen LogP contribution in [0.3, 0.4) is 0 Å². The van der Waals surface area contributed by atoms with Crippen LogP contribution in [0.2, 0.25) is 0 Å². The van der Waals surface area contributed by atoms with Crippen molar-refractivity contribution >= 4 is 17.0 Å². The minimum atomic E-state index is -0.501. The summed E-state index contributed by atoms with van der Waals surface area (Å²) in [7, 11) is 1.64. The van der Waals surface area contributed by atoms with Gasteiger partial charge in [0, 0.05) is 42.4 Å². The fourth-order valence-electron chi connectivity index (χ4n) is 3.36. The third-order valence-electron chi connectivity index (χ3n) is 4.68. The maximum Gasteiger partial charge on any atom is 0.410 e. The van der Waals surface area contributed by atoms with E-state index in [0.717, 1.165) is 33.6 Å². The quantitative estimate of drug-likeness (QED) is 0.678. The molecule has 1 amide bonds. The lowest BCUT2D eigenvalue weighted by molar-refractivity contribution is 0.0223. The first-order valence-electron chi connectivity index (χ1n) is 9.32. The standard InChI is InChI=1S/C21H24N4O3/c1-21(2,3)28-20(26)24-10-8-17-14(12-24)13-25(23-17)19-7-9-22-18-11-15(27-4)5-6-16(18)19/h5-7,9,11,13H,8,10,12H2,1-4H3. The second-order valence-electron chi connectivity index (χ2n) is 7.91. The van der Waals surface area contributed by atoms with Crippen molar-refractivity contribution in [2.24, 2.45) is 0 Å². The van der Waals surface area contributed by atoms with E-state index >= 15 is 0 Å². The van der Waals surface area contributed by atoms with Crippen LogP contribution in [0.1, 0.15) is 32.0 Å². The molecule has 0 bridgehead atoms. The molecule has 1 aliphatic rings. The summed E-state index contributed by atoms with van der Waals surface area (Å²) in [5.41, 5.74) is 3.35. The van der Waals surface area contributed by atoms with Gasteiger partial charge in [-0.3, -0.25) is 4.98 Å². The summed E-state index contributed by atoms with van der Waals surface area (Å²) < 4.78 is 12.7. The second-order valence-corrected chi connectivity index (χ2v) is 7.91. The Balaban J connectivity index is 1.63. The number of pyridine rings is 1. The van der Waals surface area contributed by atoms with Gasteiger partial charge in [0.05, 0.1) is 30.6 Å². The zero-order chi connectivity index (χ0) is 19.9. The van der Waals surface area contributed by atoms with Gasteiger partial charge in [-0.25, -0.2) is 9.48 Å². The minimum Gasteiger partial charge on any atom is -0.497 e. The zero-order valence-electron chi connectivity index (χ0n) is 16.6. The molecule has 0 radical (unpaired) electrons. The molecule has 7 heteroatoms. The number of methoxy groups -OCH3 is 1. The number of benzene rings is 1. The van der Waals surface area contributed by atoms with E-state index in [9.17, 15) is 4.79 Å². The van der Waals surface area contributed by atoms with E-state index in [4.69, 9.17) is 14.6 Å². The van der Waals surface area contributed by atoms with Crippen LogP contribution in [0.5, 0.6) is 5.75 Å². The Morgan fingerprint density at radius 1 is 1.21 bits per heavy atom. The summed E-state index contributed by atoms with van der Waals surface area (Å²) in [5.74, 6) is 0.768. The first-order valence-corrected chi connectivity index (χ1v) is 9.32. The van der Waals surface area contributed by atoms with Crippen LogP contribution in [-0.2, 0) is 17.7 Å². The molecule has 2 aromatic heterocycles. The molecule has 1 aromatic carbocycles. The first kappa shape index (κ1) is 18.3. The predicted molar refractivity (Wildman–Crippen MR) is 106 cm³/mol. The first-order chi connectivity index (χ1) is 13.3. The lowest BCUT2D eigenvalue weighted by atomic mass is 10.1. The fourth-order valence-corrected chi connectivity index (χ4v) is 3.36. The summed E-state index contributed by atoms with van der Waals surface area (Å²) in [6.07, 6.45) is 4.18. The number of ether oxygens (including phenoxy) is 2. The van der Waals surface area contributed by atoms with E-state index in [2.05, 4.69) is 4.98 Å². The molecule has 28 heavy (non-hydrogen) atoms. The summed E-state index contributed by atoms with van der Waals surface area (Å²) in [6.45, 7) is 6.74. The highest BCUT2D eigenvalue weighted by molar-refractivity contribution is 5.87. The average molecular weight is 380 g/mol. The molecule has 3 heterocycles. The van der Waals surface area contributed by atoms with Crippen LogP contribution < -0.4 is 4.74 Å². The van der Waals surface area contributed by atoms with Gasteiger partial charge in [0.1, 0.15) is 11.4 Å². The molecule has 0 saturated carbocycles. The molecule has 4 rings (SSSR count). The number of carbonyl (C=O) groups is 1. The number of nitrogens with zero attached hydrogens (tertiary/aromatic N) is 4. The van der Waals surface area contributed by atoms with Crippen molar-refractivity contribution in [3.63, 3.8) is 0 Å². The molecule has 3 aromatic rings. The van der Waals surface area contributed by atoms with Crippen LogP contribution in [0, 0.1) is 0 Å². The number of hydrogen-bond acceptors (Lipinski definition) is 5. The number of carbonyl (C=O) groups excluding carboxylic acids is 1. The van der Waals surface area contributed by atoms with Gasteiger partial charge in [-0.1, -0.05) is 0 Å². The Bertz CT molecular complexity index is 1040. The highest BCUT2D eigenvalue weighted by Gasteiger charge is 2.27. The number of aromatic nitrogens is 3. The lowest BCUT2D eigenvalue weighted by Gasteiger charge is -2.29. The molecule has 7 nitrogen and oxygen atoms in total. The van der Waals surface area contributed by atoms with Crippen LogP contribution in [0.4, 0.5) is 4.79 Å². The lowest BCUT2D eigenvalue weighted by Crippen LogP contribution is -2.39. The van der Waals surface area contributed by atoms with Gasteiger partial charge < -0.3 is 14.4 Å². The molecule has 0 N–H and O–H groups in total. The predicted octanol–water partition coefficient (Wildman–Crippen LogP) is 3.72. The molecule has 146 valence electrons. The van der Waals surface area contributed by atoms with Crippen LogP contribution in [-0.4, -0.2) is 45.0 Å². The summed E-state index contributed by atoms with van der Waals surface area (Å²) in [5, 5.41) is 5.75. The van der Waals surface area contributed by atoms with Gasteiger partial charge in [0.2, 0.25) is 0 Å². The van der Waals surface area contributed by atoms with Gasteiger partial charge in [0.25, 0.3) is 0 Å². The largest absolute Gasteiger partial charge is 0.497 e. The fraction of sp³-hybridized carbons (Fsp3) is 0.381. The third-order valence-corrected chi connectivity index (χ3v) is 4.68. The maximum absolute atomic E-state index is 12.4. The van der Waals surface area contributed by atoms with E-state index in [1.54, 1.807) is 18.2 Å². The van der Waals surface area contributed by atoms with Crippen molar-refractivity contribution in [2.75, 3.05) is 13.7 Å². The minimum absolute atomic E-state index is 0.285. The molecule has 0 unspecified atom stereocenters. The van der Waals surface area contributed by atoms with E-state index in [1.165, 1.54) is 0 Å². The Morgan fingerprint density at radius 2 is 2.04 bits per heavy atom. The van der Waals surface area contributed by atoms with Crippen molar-refractivity contribution in [3.8, 4) is 11.4 Å². The Hall–Kier alpha value is -3.09. The van der Waals surface area contributed by atoms with Crippen LogP contribution in [0.25, 0.3) is 16.6 Å². The average Bonchev–Trinajstić information content (AvgIpc) is 3.08. The van der Waals surface area contributed by atoms with Gasteiger partial charge in [-0.15, -0.1) is 0 Å². The van der Waals surface area contributed by atoms with Crippen molar-refractivity contribution in [1.82, 2.24) is 19.7 Å². The van der Waals surface area contributed by atoms with E-state index < -0.39 is 5.60 Å². The molecular formula is C21H24N4O3. The Labute approximate surface area is 163 Å². The summed E-state index contributed by atoms with van der Waals surface area (Å²) in [6, 6.07) is 7.76. The summed E-state index contributed by atoms with van der Waals surface area (Å²) >= 11 is 0.